The number of benzene rings is 2. The molecule has 24 heavy (non-hydrogen) atoms. The lowest BCUT2D eigenvalue weighted by molar-refractivity contribution is -0.116. The van der Waals surface area contributed by atoms with Crippen LogP contribution < -0.4 is 10.6 Å². The first-order valence-corrected chi connectivity index (χ1v) is 8.17. The Balaban J connectivity index is 1.82. The number of nitrogens with one attached hydrogen (secondary N) is 2. The van der Waals surface area contributed by atoms with Crippen LogP contribution in [0.4, 0.5) is 11.4 Å². The smallest absolute Gasteiger partial charge is 0.238 e. The quantitative estimate of drug-likeness (QED) is 0.791. The Hall–Kier alpha value is -2.65. The fraction of sp³-hybridized carbons (Fsp3) is 0.167. The molecule has 0 aliphatic rings. The molecule has 0 saturated heterocycles. The highest BCUT2D eigenvalue weighted by atomic mass is 79.9. The van der Waals surface area contributed by atoms with Gasteiger partial charge in [0.15, 0.2) is 0 Å². The second-order valence-electron chi connectivity index (χ2n) is 5.14. The van der Waals surface area contributed by atoms with Crippen LogP contribution in [0.25, 0.3) is 0 Å². The Morgan fingerprint density at radius 3 is 2.00 bits per heavy atom. The third kappa shape index (κ3) is 5.86. The fourth-order valence-electron chi connectivity index (χ4n) is 2.05. The average Bonchev–Trinajstić information content (AvgIpc) is 2.56. The number of hydrogen-bond acceptors (Lipinski definition) is 3. The number of nitrogens with zero attached hydrogens (tertiary/aromatic N) is 1. The van der Waals surface area contributed by atoms with Crippen LogP contribution in [0, 0.1) is 11.3 Å². The second-order valence-corrected chi connectivity index (χ2v) is 6.05. The number of anilines is 2. The molecule has 5 nitrogen and oxygen atoms in total. The van der Waals surface area contributed by atoms with Crippen LogP contribution in [-0.2, 0) is 16.0 Å². The van der Waals surface area contributed by atoms with Crippen LogP contribution in [0.3, 0.4) is 0 Å². The number of amides is 2. The monoisotopic (exact) mass is 385 g/mol. The first-order chi connectivity index (χ1) is 11.6. The lowest BCUT2D eigenvalue weighted by atomic mass is 10.1. The minimum Gasteiger partial charge on any atom is -0.326 e. The van der Waals surface area contributed by atoms with E-state index >= 15 is 0 Å². The van der Waals surface area contributed by atoms with Crippen molar-refractivity contribution in [1.29, 1.82) is 5.26 Å². The van der Waals surface area contributed by atoms with Gasteiger partial charge in [0, 0.05) is 22.3 Å². The van der Waals surface area contributed by atoms with E-state index in [2.05, 4.69) is 26.6 Å². The Morgan fingerprint density at radius 1 is 0.917 bits per heavy atom. The van der Waals surface area contributed by atoms with Gasteiger partial charge in [0.05, 0.1) is 6.07 Å². The van der Waals surface area contributed by atoms with Crippen molar-refractivity contribution in [3.8, 4) is 6.07 Å². The van der Waals surface area contributed by atoms with Crippen LogP contribution >= 0.6 is 15.9 Å². The highest BCUT2D eigenvalue weighted by Crippen LogP contribution is 2.15. The molecule has 2 N–H and O–H groups in total. The van der Waals surface area contributed by atoms with Crippen molar-refractivity contribution in [2.24, 2.45) is 0 Å². The van der Waals surface area contributed by atoms with Crippen molar-refractivity contribution in [2.75, 3.05) is 10.6 Å². The van der Waals surface area contributed by atoms with Crippen LogP contribution in [0.15, 0.2) is 53.0 Å². The molecule has 0 atom stereocenters. The van der Waals surface area contributed by atoms with Gasteiger partial charge in [0.25, 0.3) is 0 Å². The number of carbonyl (C=O) groups excluding carboxylic acids is 2. The summed E-state index contributed by atoms with van der Waals surface area (Å²) in [5.74, 6) is -0.428. The number of aryl methyl sites for hydroxylation is 1. The summed E-state index contributed by atoms with van der Waals surface area (Å²) in [7, 11) is 0. The summed E-state index contributed by atoms with van der Waals surface area (Å²) in [6.45, 7) is 0. The van der Waals surface area contributed by atoms with Crippen LogP contribution in [0.2, 0.25) is 0 Å². The van der Waals surface area contributed by atoms with Gasteiger partial charge in [-0.3, -0.25) is 9.59 Å². The number of rotatable bonds is 6. The van der Waals surface area contributed by atoms with Crippen LogP contribution in [-0.4, -0.2) is 11.8 Å². The summed E-state index contributed by atoms with van der Waals surface area (Å²) in [6.07, 6.45) is 0.873. The predicted octanol–water partition coefficient (Wildman–Crippen LogP) is 3.87. The summed E-state index contributed by atoms with van der Waals surface area (Å²) < 4.78 is 1.01. The number of nitriles is 1. The van der Waals surface area contributed by atoms with Crippen molar-refractivity contribution in [3.05, 3.63) is 58.6 Å². The van der Waals surface area contributed by atoms with E-state index in [0.29, 0.717) is 24.2 Å². The van der Waals surface area contributed by atoms with E-state index in [4.69, 9.17) is 5.26 Å². The van der Waals surface area contributed by atoms with Crippen molar-refractivity contribution in [1.82, 2.24) is 0 Å². The van der Waals surface area contributed by atoms with Gasteiger partial charge in [0.2, 0.25) is 11.8 Å². The molecule has 2 rings (SSSR count). The van der Waals surface area contributed by atoms with Crippen LogP contribution in [0.1, 0.15) is 18.4 Å². The maximum Gasteiger partial charge on any atom is 0.238 e. The fourth-order valence-corrected chi connectivity index (χ4v) is 2.31. The van der Waals surface area contributed by atoms with Crippen molar-refractivity contribution in [2.45, 2.75) is 19.3 Å². The molecule has 2 aromatic carbocycles. The van der Waals surface area contributed by atoms with Gasteiger partial charge in [-0.2, -0.15) is 5.26 Å². The Morgan fingerprint density at radius 2 is 1.46 bits per heavy atom. The molecule has 0 aromatic heterocycles. The Bertz CT molecular complexity index is 749. The average molecular weight is 386 g/mol. The minimum atomic E-state index is -0.358. The largest absolute Gasteiger partial charge is 0.326 e. The summed E-state index contributed by atoms with van der Waals surface area (Å²) in [5, 5.41) is 13.9. The topological polar surface area (TPSA) is 82.0 Å². The third-order valence-corrected chi connectivity index (χ3v) is 3.77. The van der Waals surface area contributed by atoms with Gasteiger partial charge < -0.3 is 10.6 Å². The molecule has 0 heterocycles. The number of carbonyl (C=O) groups is 2. The maximum atomic E-state index is 12.0. The molecule has 0 aliphatic heterocycles. The second kappa shape index (κ2) is 8.85. The lowest BCUT2D eigenvalue weighted by Crippen LogP contribution is -2.13. The molecule has 0 spiro atoms. The highest BCUT2D eigenvalue weighted by Gasteiger charge is 2.05. The van der Waals surface area contributed by atoms with E-state index in [-0.39, 0.29) is 18.2 Å². The van der Waals surface area contributed by atoms with Gasteiger partial charge in [-0.05, 0) is 48.4 Å². The SMILES string of the molecule is N#CCC(=O)Nc1ccc(NC(=O)CCc2ccc(Br)cc2)cc1. The summed E-state index contributed by atoms with van der Waals surface area (Å²) in [5.41, 5.74) is 2.35. The Labute approximate surface area is 148 Å². The first-order valence-electron chi connectivity index (χ1n) is 7.38. The minimum absolute atomic E-state index is 0.0702. The number of hydrogen-bond donors (Lipinski definition) is 2. The third-order valence-electron chi connectivity index (χ3n) is 3.25. The maximum absolute atomic E-state index is 12.0. The van der Waals surface area contributed by atoms with Gasteiger partial charge >= 0.3 is 0 Å². The van der Waals surface area contributed by atoms with Gasteiger partial charge in [-0.25, -0.2) is 0 Å². The molecule has 2 aromatic rings. The molecule has 2 amide bonds. The molecule has 0 aliphatic carbocycles. The molecule has 0 bridgehead atoms. The van der Waals surface area contributed by atoms with E-state index in [1.165, 1.54) is 0 Å². The van der Waals surface area contributed by atoms with Crippen molar-refractivity contribution < 1.29 is 9.59 Å². The zero-order valence-electron chi connectivity index (χ0n) is 12.9. The molecule has 0 saturated carbocycles. The lowest BCUT2D eigenvalue weighted by Gasteiger charge is -2.07. The Kier molecular flexibility index (Phi) is 6.52. The normalized spacial score (nSPS) is 9.83. The molecular weight excluding hydrogens is 370 g/mol. The molecule has 6 heteroatoms. The highest BCUT2D eigenvalue weighted by molar-refractivity contribution is 9.10. The number of halogens is 1. The van der Waals surface area contributed by atoms with Gasteiger partial charge in [-0.15, -0.1) is 0 Å². The van der Waals surface area contributed by atoms with Gasteiger partial charge in [0.1, 0.15) is 6.42 Å². The molecular formula is C18H16BrN3O2. The molecule has 0 radical (unpaired) electrons. The summed E-state index contributed by atoms with van der Waals surface area (Å²) >= 11 is 3.38. The standard InChI is InChI=1S/C18H16BrN3O2/c19-14-4-1-13(2-5-14)3-10-17(23)21-15-6-8-16(9-7-15)22-18(24)11-12-20/h1-2,4-9H,3,10-11H2,(H,21,23)(H,22,24). The zero-order chi connectivity index (χ0) is 17.4. The van der Waals surface area contributed by atoms with Gasteiger partial charge in [-0.1, -0.05) is 28.1 Å². The molecule has 0 fully saturated rings. The zero-order valence-corrected chi connectivity index (χ0v) is 14.5. The van der Waals surface area contributed by atoms with E-state index in [1.807, 2.05) is 24.3 Å². The van der Waals surface area contributed by atoms with E-state index < -0.39 is 0 Å². The first kappa shape index (κ1) is 17.7. The summed E-state index contributed by atoms with van der Waals surface area (Å²) in [4.78, 5) is 23.3. The molecule has 122 valence electrons. The predicted molar refractivity (Wildman–Crippen MR) is 96.4 cm³/mol. The summed E-state index contributed by atoms with van der Waals surface area (Å²) in [6, 6.07) is 16.4. The van der Waals surface area contributed by atoms with Crippen LogP contribution in [0.5, 0.6) is 0 Å². The van der Waals surface area contributed by atoms with Crippen molar-refractivity contribution in [3.63, 3.8) is 0 Å². The van der Waals surface area contributed by atoms with E-state index in [0.717, 1.165) is 10.0 Å². The molecule has 0 unspecified atom stereocenters. The van der Waals surface area contributed by atoms with E-state index in [9.17, 15) is 9.59 Å². The van der Waals surface area contributed by atoms with Crippen molar-refractivity contribution >= 4 is 39.1 Å². The van der Waals surface area contributed by atoms with E-state index in [1.54, 1.807) is 30.3 Å².